The smallest absolute Gasteiger partial charge is 0.0609 e. The second-order valence-electron chi connectivity index (χ2n) is 4.09. The molecular formula is C12H23O. The van der Waals surface area contributed by atoms with Crippen LogP contribution in [0.2, 0.25) is 0 Å². The van der Waals surface area contributed by atoms with Crippen molar-refractivity contribution in [1.29, 1.82) is 0 Å². The van der Waals surface area contributed by atoms with Gasteiger partial charge < -0.3 is 4.74 Å². The van der Waals surface area contributed by atoms with Crippen LogP contribution in [0, 0.1) is 5.92 Å². The maximum atomic E-state index is 5.78. The van der Waals surface area contributed by atoms with Crippen molar-refractivity contribution in [3.63, 3.8) is 0 Å². The quantitative estimate of drug-likeness (QED) is 0.590. The molecule has 0 amide bonds. The summed E-state index contributed by atoms with van der Waals surface area (Å²) in [6.07, 6.45) is 9.69. The van der Waals surface area contributed by atoms with Gasteiger partial charge in [-0.05, 0) is 26.2 Å². The predicted octanol–water partition coefficient (Wildman–Crippen LogP) is 3.73. The average molecular weight is 183 g/mol. The largest absolute Gasteiger partial charge is 0.378 e. The van der Waals surface area contributed by atoms with Gasteiger partial charge in [-0.2, -0.15) is 0 Å². The molecule has 1 heteroatoms. The topological polar surface area (TPSA) is 9.23 Å². The maximum absolute atomic E-state index is 5.78. The van der Waals surface area contributed by atoms with Gasteiger partial charge in [-0.25, -0.2) is 0 Å². The van der Waals surface area contributed by atoms with Crippen molar-refractivity contribution < 1.29 is 4.74 Å². The Morgan fingerprint density at radius 1 is 1.23 bits per heavy atom. The van der Waals surface area contributed by atoms with Gasteiger partial charge in [0.05, 0.1) is 6.10 Å². The third-order valence-electron chi connectivity index (χ3n) is 2.94. The molecule has 1 saturated carbocycles. The van der Waals surface area contributed by atoms with E-state index in [4.69, 9.17) is 4.74 Å². The van der Waals surface area contributed by atoms with Crippen LogP contribution in [0.3, 0.4) is 0 Å². The van der Waals surface area contributed by atoms with Crippen LogP contribution in [0.15, 0.2) is 0 Å². The van der Waals surface area contributed by atoms with Gasteiger partial charge >= 0.3 is 0 Å². The molecule has 77 valence electrons. The van der Waals surface area contributed by atoms with Gasteiger partial charge in [0.25, 0.3) is 0 Å². The van der Waals surface area contributed by atoms with Gasteiger partial charge in [-0.3, -0.25) is 0 Å². The lowest BCUT2D eigenvalue weighted by Crippen LogP contribution is -2.21. The average Bonchev–Trinajstić information content (AvgIpc) is 2.19. The third kappa shape index (κ3) is 4.12. The van der Waals surface area contributed by atoms with E-state index in [9.17, 15) is 0 Å². The third-order valence-corrected chi connectivity index (χ3v) is 2.94. The Morgan fingerprint density at radius 2 is 1.92 bits per heavy atom. The zero-order valence-corrected chi connectivity index (χ0v) is 9.14. The zero-order chi connectivity index (χ0) is 9.52. The number of ether oxygens (including phenoxy) is 1. The fraction of sp³-hybridized carbons (Fsp3) is 0.917. The van der Waals surface area contributed by atoms with Gasteiger partial charge in [0, 0.05) is 12.5 Å². The van der Waals surface area contributed by atoms with Crippen LogP contribution in [0.4, 0.5) is 0 Å². The van der Waals surface area contributed by atoms with Crippen LogP contribution in [-0.4, -0.2) is 12.7 Å². The zero-order valence-electron chi connectivity index (χ0n) is 9.14. The van der Waals surface area contributed by atoms with Crippen LogP contribution in [0.1, 0.15) is 58.8 Å². The molecule has 0 saturated heterocycles. The van der Waals surface area contributed by atoms with Crippen LogP contribution < -0.4 is 0 Å². The Labute approximate surface area is 82.9 Å². The van der Waals surface area contributed by atoms with Crippen LogP contribution in [0.5, 0.6) is 0 Å². The van der Waals surface area contributed by atoms with E-state index in [1.54, 1.807) is 5.92 Å². The maximum Gasteiger partial charge on any atom is 0.0609 e. The summed E-state index contributed by atoms with van der Waals surface area (Å²) in [6.45, 7) is 5.37. The Morgan fingerprint density at radius 3 is 2.54 bits per heavy atom. The summed E-state index contributed by atoms with van der Waals surface area (Å²) in [5.74, 6) is 1.65. The molecule has 0 N–H and O–H groups in total. The highest BCUT2D eigenvalue weighted by Crippen LogP contribution is 2.29. The van der Waals surface area contributed by atoms with Crippen LogP contribution in [0.25, 0.3) is 0 Å². The van der Waals surface area contributed by atoms with Crippen molar-refractivity contribution in [2.75, 3.05) is 6.61 Å². The molecule has 1 aliphatic carbocycles. The summed E-state index contributed by atoms with van der Waals surface area (Å²) in [5, 5.41) is 0. The molecule has 13 heavy (non-hydrogen) atoms. The Bertz CT molecular complexity index is 116. The number of hydrogen-bond acceptors (Lipinski definition) is 1. The fourth-order valence-corrected chi connectivity index (χ4v) is 1.93. The first-order valence-corrected chi connectivity index (χ1v) is 5.80. The number of unbranched alkanes of at least 4 members (excludes halogenated alkanes) is 1. The van der Waals surface area contributed by atoms with E-state index in [0.29, 0.717) is 6.10 Å². The van der Waals surface area contributed by atoms with E-state index in [1.807, 2.05) is 0 Å². The molecular weight excluding hydrogens is 160 g/mol. The van der Waals surface area contributed by atoms with Crippen molar-refractivity contribution in [2.24, 2.45) is 0 Å². The summed E-state index contributed by atoms with van der Waals surface area (Å²) in [6, 6.07) is 0. The molecule has 0 aliphatic heterocycles. The summed E-state index contributed by atoms with van der Waals surface area (Å²) in [7, 11) is 0. The van der Waals surface area contributed by atoms with E-state index in [1.165, 1.54) is 44.9 Å². The summed E-state index contributed by atoms with van der Waals surface area (Å²) >= 11 is 0. The highest BCUT2D eigenvalue weighted by molar-refractivity contribution is 4.97. The molecule has 0 aromatic carbocycles. The lowest BCUT2D eigenvalue weighted by molar-refractivity contribution is 0.0639. The fourth-order valence-electron chi connectivity index (χ4n) is 1.93. The summed E-state index contributed by atoms with van der Waals surface area (Å²) in [4.78, 5) is 0. The van der Waals surface area contributed by atoms with Crippen LogP contribution >= 0.6 is 0 Å². The van der Waals surface area contributed by atoms with E-state index in [-0.39, 0.29) is 0 Å². The molecule has 0 aromatic heterocycles. The highest BCUT2D eigenvalue weighted by atomic mass is 16.5. The van der Waals surface area contributed by atoms with E-state index in [2.05, 4.69) is 13.8 Å². The van der Waals surface area contributed by atoms with Gasteiger partial charge in [-0.1, -0.05) is 32.6 Å². The number of rotatable bonds is 5. The van der Waals surface area contributed by atoms with Crippen LogP contribution in [-0.2, 0) is 4.74 Å². The second-order valence-corrected chi connectivity index (χ2v) is 4.09. The molecule has 1 radical (unpaired) electrons. The minimum Gasteiger partial charge on any atom is -0.378 e. The van der Waals surface area contributed by atoms with Gasteiger partial charge in [0.2, 0.25) is 0 Å². The molecule has 0 spiro atoms. The molecule has 0 heterocycles. The first-order chi connectivity index (χ1) is 6.34. The Kier molecular flexibility index (Phi) is 5.45. The van der Waals surface area contributed by atoms with Gasteiger partial charge in [-0.15, -0.1) is 0 Å². The lowest BCUT2D eigenvalue weighted by Gasteiger charge is -2.27. The second kappa shape index (κ2) is 6.42. The van der Waals surface area contributed by atoms with Crippen molar-refractivity contribution >= 4 is 0 Å². The molecule has 1 nitrogen and oxygen atoms in total. The first kappa shape index (κ1) is 11.0. The summed E-state index contributed by atoms with van der Waals surface area (Å²) < 4.78 is 5.78. The molecule has 1 fully saturated rings. The number of hydrogen-bond donors (Lipinski definition) is 0. The van der Waals surface area contributed by atoms with Crippen molar-refractivity contribution in [1.82, 2.24) is 0 Å². The van der Waals surface area contributed by atoms with Gasteiger partial charge in [0.15, 0.2) is 0 Å². The monoisotopic (exact) mass is 183 g/mol. The van der Waals surface area contributed by atoms with Gasteiger partial charge in [0.1, 0.15) is 0 Å². The van der Waals surface area contributed by atoms with E-state index in [0.717, 1.165) is 6.61 Å². The predicted molar refractivity (Wildman–Crippen MR) is 56.7 cm³/mol. The highest BCUT2D eigenvalue weighted by Gasteiger charge is 2.20. The molecule has 0 aromatic rings. The van der Waals surface area contributed by atoms with E-state index >= 15 is 0 Å². The Hall–Kier alpha value is -0.0400. The normalized spacial score (nSPS) is 21.7. The molecule has 0 bridgehead atoms. The molecule has 1 unspecified atom stereocenters. The molecule has 1 atom stereocenters. The Balaban J connectivity index is 2.09. The standard InChI is InChI=1S/C12H23O/c1-3-4-10-13-11(2)12-8-6-5-7-9-12/h11H,3-10H2,1-2H3. The lowest BCUT2D eigenvalue weighted by atomic mass is 9.86. The van der Waals surface area contributed by atoms with Crippen molar-refractivity contribution in [2.45, 2.75) is 64.9 Å². The minimum atomic E-state index is 0.423. The van der Waals surface area contributed by atoms with Crippen molar-refractivity contribution in [3.8, 4) is 0 Å². The first-order valence-electron chi connectivity index (χ1n) is 5.80. The minimum absolute atomic E-state index is 0.423. The van der Waals surface area contributed by atoms with Crippen molar-refractivity contribution in [3.05, 3.63) is 5.92 Å². The summed E-state index contributed by atoms with van der Waals surface area (Å²) in [5.41, 5.74) is 0. The van der Waals surface area contributed by atoms with E-state index < -0.39 is 0 Å². The molecule has 1 aliphatic rings. The molecule has 1 rings (SSSR count). The SMILES string of the molecule is CCCCOC(C)[C]1CCCCC1.